The molecule has 0 heterocycles. The van der Waals surface area contributed by atoms with Crippen LogP contribution in [0, 0.1) is 6.92 Å². The van der Waals surface area contributed by atoms with E-state index in [4.69, 9.17) is 4.74 Å². The Hall–Kier alpha value is -2.33. The van der Waals surface area contributed by atoms with Crippen LogP contribution in [0.1, 0.15) is 27.0 Å². The first-order valence-corrected chi connectivity index (χ1v) is 7.79. The Labute approximate surface area is 138 Å². The van der Waals surface area contributed by atoms with E-state index in [9.17, 15) is 4.79 Å². The lowest BCUT2D eigenvalue weighted by atomic mass is 10.1. The molecular weight excluding hydrogens is 288 g/mol. The fourth-order valence-corrected chi connectivity index (χ4v) is 2.46. The maximum Gasteiger partial charge on any atom is 0.255 e. The first kappa shape index (κ1) is 17.0. The van der Waals surface area contributed by atoms with Crippen LogP contribution in [-0.4, -0.2) is 27.1 Å². The van der Waals surface area contributed by atoms with Crippen molar-refractivity contribution >= 4 is 5.91 Å². The average molecular weight is 313 g/mol. The molecule has 2 N–H and O–H groups in total. The molecule has 0 bridgehead atoms. The molecule has 2 aromatic rings. The van der Waals surface area contributed by atoms with Gasteiger partial charge in [0.2, 0.25) is 0 Å². The highest BCUT2D eigenvalue weighted by molar-refractivity contribution is 5.97. The van der Waals surface area contributed by atoms with Crippen molar-refractivity contribution < 1.29 is 14.4 Å². The topological polar surface area (TPSA) is 42.8 Å². The SMILES string of the molecule is COc1ccc(C)cc1C(=O)NCc1ccc(C[NH+](C)C)cc1. The molecule has 122 valence electrons. The molecule has 0 aliphatic carbocycles. The third kappa shape index (κ3) is 4.83. The number of methoxy groups -OCH3 is 1. The molecule has 0 unspecified atom stereocenters. The summed E-state index contributed by atoms with van der Waals surface area (Å²) in [4.78, 5) is 13.8. The molecule has 0 aliphatic heterocycles. The lowest BCUT2D eigenvalue weighted by Crippen LogP contribution is -3.04. The molecule has 2 rings (SSSR count). The molecule has 23 heavy (non-hydrogen) atoms. The summed E-state index contributed by atoms with van der Waals surface area (Å²) in [5, 5.41) is 2.95. The zero-order valence-electron chi connectivity index (χ0n) is 14.3. The first-order valence-electron chi connectivity index (χ1n) is 7.79. The van der Waals surface area contributed by atoms with E-state index in [0.29, 0.717) is 17.9 Å². The van der Waals surface area contributed by atoms with Crippen LogP contribution in [0.25, 0.3) is 0 Å². The number of carbonyl (C=O) groups is 1. The first-order chi connectivity index (χ1) is 11.0. The molecule has 4 heteroatoms. The molecule has 0 spiro atoms. The van der Waals surface area contributed by atoms with E-state index in [2.05, 4.69) is 43.7 Å². The average Bonchev–Trinajstić information content (AvgIpc) is 2.53. The van der Waals surface area contributed by atoms with E-state index in [1.165, 1.54) is 10.5 Å². The molecule has 0 atom stereocenters. The van der Waals surface area contributed by atoms with Crippen molar-refractivity contribution in [1.82, 2.24) is 5.32 Å². The molecule has 4 nitrogen and oxygen atoms in total. The van der Waals surface area contributed by atoms with Crippen molar-refractivity contribution in [2.75, 3.05) is 21.2 Å². The third-order valence-electron chi connectivity index (χ3n) is 3.63. The third-order valence-corrected chi connectivity index (χ3v) is 3.63. The Morgan fingerprint density at radius 1 is 1.09 bits per heavy atom. The Kier molecular flexibility index (Phi) is 5.77. The van der Waals surface area contributed by atoms with Crippen LogP contribution in [0.2, 0.25) is 0 Å². The molecular formula is C19H25N2O2+. The largest absolute Gasteiger partial charge is 0.496 e. The normalized spacial score (nSPS) is 10.7. The number of hydrogen-bond acceptors (Lipinski definition) is 2. The standard InChI is InChI=1S/C19H24N2O2/c1-14-5-10-18(23-4)17(11-14)19(22)20-12-15-6-8-16(9-7-15)13-21(2)3/h5-11H,12-13H2,1-4H3,(H,20,22)/p+1. The quantitative estimate of drug-likeness (QED) is 0.850. The van der Waals surface area contributed by atoms with Gasteiger partial charge < -0.3 is 15.0 Å². The number of benzene rings is 2. The summed E-state index contributed by atoms with van der Waals surface area (Å²) >= 11 is 0. The van der Waals surface area contributed by atoms with E-state index < -0.39 is 0 Å². The summed E-state index contributed by atoms with van der Waals surface area (Å²) in [5.74, 6) is 0.477. The van der Waals surface area contributed by atoms with E-state index in [-0.39, 0.29) is 5.91 Å². The van der Waals surface area contributed by atoms with E-state index in [1.807, 2.05) is 25.1 Å². The van der Waals surface area contributed by atoms with Gasteiger partial charge in [0.15, 0.2) is 0 Å². The molecule has 1 amide bonds. The van der Waals surface area contributed by atoms with Gasteiger partial charge in [0, 0.05) is 12.1 Å². The van der Waals surface area contributed by atoms with Crippen molar-refractivity contribution in [3.8, 4) is 5.75 Å². The second-order valence-corrected chi connectivity index (χ2v) is 6.09. The highest BCUT2D eigenvalue weighted by Crippen LogP contribution is 2.19. The highest BCUT2D eigenvalue weighted by atomic mass is 16.5. The predicted octanol–water partition coefficient (Wildman–Crippen LogP) is 1.58. The van der Waals surface area contributed by atoms with Gasteiger partial charge in [-0.25, -0.2) is 0 Å². The van der Waals surface area contributed by atoms with Gasteiger partial charge in [0.25, 0.3) is 5.91 Å². The van der Waals surface area contributed by atoms with Gasteiger partial charge in [-0.05, 0) is 24.6 Å². The van der Waals surface area contributed by atoms with Crippen molar-refractivity contribution in [3.05, 3.63) is 64.7 Å². The number of hydrogen-bond donors (Lipinski definition) is 2. The molecule has 0 radical (unpaired) electrons. The lowest BCUT2D eigenvalue weighted by molar-refractivity contribution is -0.872. The van der Waals surface area contributed by atoms with Gasteiger partial charge in [0.1, 0.15) is 12.3 Å². The number of quaternary nitrogens is 1. The second-order valence-electron chi connectivity index (χ2n) is 6.09. The number of amides is 1. The fraction of sp³-hybridized carbons (Fsp3) is 0.316. The van der Waals surface area contributed by atoms with Crippen molar-refractivity contribution in [2.45, 2.75) is 20.0 Å². The molecule has 0 fully saturated rings. The Balaban J connectivity index is 2.00. The van der Waals surface area contributed by atoms with Gasteiger partial charge in [-0.2, -0.15) is 0 Å². The minimum Gasteiger partial charge on any atom is -0.496 e. The number of ether oxygens (including phenoxy) is 1. The van der Waals surface area contributed by atoms with Gasteiger partial charge in [0.05, 0.1) is 26.8 Å². The van der Waals surface area contributed by atoms with Gasteiger partial charge in [-0.15, -0.1) is 0 Å². The van der Waals surface area contributed by atoms with Crippen molar-refractivity contribution in [2.24, 2.45) is 0 Å². The summed E-state index contributed by atoms with van der Waals surface area (Å²) in [6, 6.07) is 13.9. The molecule has 2 aromatic carbocycles. The minimum atomic E-state index is -0.118. The summed E-state index contributed by atoms with van der Waals surface area (Å²) in [6.45, 7) is 3.46. The summed E-state index contributed by atoms with van der Waals surface area (Å²) in [6.07, 6.45) is 0. The minimum absolute atomic E-state index is 0.118. The van der Waals surface area contributed by atoms with Crippen molar-refractivity contribution in [3.63, 3.8) is 0 Å². The van der Waals surface area contributed by atoms with Crippen LogP contribution in [0.3, 0.4) is 0 Å². The zero-order valence-corrected chi connectivity index (χ0v) is 14.3. The Bertz CT molecular complexity index is 664. The maximum absolute atomic E-state index is 12.4. The van der Waals surface area contributed by atoms with Gasteiger partial charge in [-0.3, -0.25) is 4.79 Å². The summed E-state index contributed by atoms with van der Waals surface area (Å²) in [7, 11) is 5.83. The zero-order chi connectivity index (χ0) is 16.8. The van der Waals surface area contributed by atoms with E-state index >= 15 is 0 Å². The fourth-order valence-electron chi connectivity index (χ4n) is 2.46. The Morgan fingerprint density at radius 3 is 2.35 bits per heavy atom. The number of rotatable bonds is 6. The molecule has 0 aromatic heterocycles. The van der Waals surface area contributed by atoms with Crippen LogP contribution in [0.5, 0.6) is 5.75 Å². The van der Waals surface area contributed by atoms with Crippen LogP contribution < -0.4 is 15.0 Å². The monoisotopic (exact) mass is 313 g/mol. The second kappa shape index (κ2) is 7.79. The van der Waals surface area contributed by atoms with Crippen LogP contribution in [0.4, 0.5) is 0 Å². The number of carbonyl (C=O) groups excluding carboxylic acids is 1. The molecule has 0 saturated carbocycles. The maximum atomic E-state index is 12.4. The van der Waals surface area contributed by atoms with Crippen LogP contribution >= 0.6 is 0 Å². The van der Waals surface area contributed by atoms with Gasteiger partial charge >= 0.3 is 0 Å². The van der Waals surface area contributed by atoms with Gasteiger partial charge in [-0.1, -0.05) is 35.9 Å². The Morgan fingerprint density at radius 2 is 1.74 bits per heavy atom. The van der Waals surface area contributed by atoms with Crippen molar-refractivity contribution in [1.29, 1.82) is 0 Å². The molecule has 0 aliphatic rings. The number of aryl methyl sites for hydroxylation is 1. The van der Waals surface area contributed by atoms with Crippen LogP contribution in [0.15, 0.2) is 42.5 Å². The number of nitrogens with one attached hydrogen (secondary N) is 2. The molecule has 0 saturated heterocycles. The highest BCUT2D eigenvalue weighted by Gasteiger charge is 2.12. The van der Waals surface area contributed by atoms with Crippen LogP contribution in [-0.2, 0) is 13.1 Å². The van der Waals surface area contributed by atoms with E-state index in [0.717, 1.165) is 17.7 Å². The smallest absolute Gasteiger partial charge is 0.255 e. The summed E-state index contributed by atoms with van der Waals surface area (Å²) < 4.78 is 5.26. The lowest BCUT2D eigenvalue weighted by Gasteiger charge is -2.11. The summed E-state index contributed by atoms with van der Waals surface area (Å²) in [5.41, 5.74) is 3.98. The predicted molar refractivity (Wildman–Crippen MR) is 91.9 cm³/mol. The van der Waals surface area contributed by atoms with E-state index in [1.54, 1.807) is 7.11 Å².